The number of anilines is 1. The zero-order chi connectivity index (χ0) is 22.8. The molecule has 33 heavy (non-hydrogen) atoms. The Bertz CT molecular complexity index is 1300. The number of hydrogen-bond acceptors (Lipinski definition) is 6. The van der Waals surface area contributed by atoms with E-state index >= 15 is 0 Å². The first-order valence-corrected chi connectivity index (χ1v) is 11.4. The standard InChI is InChI=1S/C25H22N4O3S/c1-16-12-17(2)29(28-16)24-9-8-18(15-26-24)25(30)27-20-13-21-22(32-11-10-31-21)14-23(20)33-19-6-4-3-5-7-19/h3-9,12-15H,10-11H2,1-2H3,(H,27,30). The van der Waals surface area contributed by atoms with Crippen LogP contribution in [0.1, 0.15) is 21.7 Å². The maximum absolute atomic E-state index is 13.1. The molecule has 7 nitrogen and oxygen atoms in total. The van der Waals surface area contributed by atoms with E-state index in [1.165, 1.54) is 0 Å². The molecule has 1 N–H and O–H groups in total. The van der Waals surface area contributed by atoms with Crippen molar-refractivity contribution in [2.24, 2.45) is 0 Å². The van der Waals surface area contributed by atoms with Crippen LogP contribution in [0.15, 0.2) is 76.7 Å². The lowest BCUT2D eigenvalue weighted by molar-refractivity contribution is 0.102. The van der Waals surface area contributed by atoms with E-state index in [0.717, 1.165) is 21.2 Å². The summed E-state index contributed by atoms with van der Waals surface area (Å²) in [6, 6.07) is 19.2. The number of aromatic nitrogens is 3. The first-order chi connectivity index (χ1) is 16.1. The Morgan fingerprint density at radius 3 is 2.42 bits per heavy atom. The number of nitrogens with one attached hydrogen (secondary N) is 1. The van der Waals surface area contributed by atoms with E-state index < -0.39 is 0 Å². The highest BCUT2D eigenvalue weighted by Crippen LogP contribution is 2.42. The van der Waals surface area contributed by atoms with Gasteiger partial charge in [-0.25, -0.2) is 9.67 Å². The van der Waals surface area contributed by atoms with Crippen LogP contribution in [0.3, 0.4) is 0 Å². The number of fused-ring (bicyclic) bond motifs is 1. The summed E-state index contributed by atoms with van der Waals surface area (Å²) in [7, 11) is 0. The zero-order valence-electron chi connectivity index (χ0n) is 18.2. The molecule has 1 amide bonds. The second kappa shape index (κ2) is 8.99. The number of benzene rings is 2. The maximum Gasteiger partial charge on any atom is 0.257 e. The van der Waals surface area contributed by atoms with Gasteiger partial charge in [0.1, 0.15) is 13.2 Å². The quantitative estimate of drug-likeness (QED) is 0.450. The van der Waals surface area contributed by atoms with Crippen LogP contribution in [0.2, 0.25) is 0 Å². The van der Waals surface area contributed by atoms with Crippen LogP contribution in [0.4, 0.5) is 5.69 Å². The fraction of sp³-hybridized carbons (Fsp3) is 0.160. The van der Waals surface area contributed by atoms with Crippen molar-refractivity contribution in [1.29, 1.82) is 0 Å². The lowest BCUT2D eigenvalue weighted by Crippen LogP contribution is -2.17. The van der Waals surface area contributed by atoms with Crippen LogP contribution in [0.25, 0.3) is 5.82 Å². The summed E-state index contributed by atoms with van der Waals surface area (Å²) in [5.74, 6) is 1.70. The molecule has 0 unspecified atom stereocenters. The van der Waals surface area contributed by atoms with Crippen LogP contribution < -0.4 is 14.8 Å². The topological polar surface area (TPSA) is 78.3 Å². The van der Waals surface area contributed by atoms with Crippen molar-refractivity contribution in [2.75, 3.05) is 18.5 Å². The number of ether oxygens (including phenoxy) is 2. The molecule has 166 valence electrons. The van der Waals surface area contributed by atoms with Crippen molar-refractivity contribution in [3.05, 3.63) is 83.8 Å². The zero-order valence-corrected chi connectivity index (χ0v) is 19.1. The van der Waals surface area contributed by atoms with E-state index in [1.54, 1.807) is 34.8 Å². The molecule has 1 aliphatic heterocycles. The number of aryl methyl sites for hydroxylation is 2. The molecule has 5 rings (SSSR count). The molecular weight excluding hydrogens is 436 g/mol. The predicted molar refractivity (Wildman–Crippen MR) is 127 cm³/mol. The van der Waals surface area contributed by atoms with Crippen molar-refractivity contribution < 1.29 is 14.3 Å². The van der Waals surface area contributed by atoms with Gasteiger partial charge in [0.05, 0.1) is 16.9 Å². The van der Waals surface area contributed by atoms with Crippen molar-refractivity contribution in [3.63, 3.8) is 0 Å². The van der Waals surface area contributed by atoms with Crippen LogP contribution >= 0.6 is 11.8 Å². The third-order valence-corrected chi connectivity index (χ3v) is 6.17. The van der Waals surface area contributed by atoms with Crippen LogP contribution in [0, 0.1) is 13.8 Å². The summed E-state index contributed by atoms with van der Waals surface area (Å²) in [5.41, 5.74) is 3.00. The van der Waals surface area contributed by atoms with Crippen LogP contribution in [0.5, 0.6) is 11.5 Å². The van der Waals surface area contributed by atoms with Crippen molar-refractivity contribution >= 4 is 23.4 Å². The molecule has 0 atom stereocenters. The molecule has 3 heterocycles. The Balaban J connectivity index is 1.41. The monoisotopic (exact) mass is 458 g/mol. The number of hydrogen-bond donors (Lipinski definition) is 1. The first-order valence-electron chi connectivity index (χ1n) is 10.5. The summed E-state index contributed by atoms with van der Waals surface area (Å²) in [6.45, 7) is 4.88. The SMILES string of the molecule is Cc1cc(C)n(-c2ccc(C(=O)Nc3cc4c(cc3Sc3ccccc3)OCCO4)cn2)n1. The Kier molecular flexibility index (Phi) is 5.75. The van der Waals surface area contributed by atoms with Gasteiger partial charge in [-0.2, -0.15) is 5.10 Å². The fourth-order valence-electron chi connectivity index (χ4n) is 3.57. The summed E-state index contributed by atoms with van der Waals surface area (Å²) >= 11 is 1.55. The number of amides is 1. The molecular formula is C25H22N4O3S. The predicted octanol–water partition coefficient (Wildman–Crippen LogP) is 5.06. The number of rotatable bonds is 5. The van der Waals surface area contributed by atoms with Gasteiger partial charge in [-0.3, -0.25) is 4.79 Å². The molecule has 0 bridgehead atoms. The minimum absolute atomic E-state index is 0.256. The molecule has 0 fully saturated rings. The van der Waals surface area contributed by atoms with Crippen LogP contribution in [-0.4, -0.2) is 33.9 Å². The smallest absolute Gasteiger partial charge is 0.257 e. The minimum atomic E-state index is -0.256. The van der Waals surface area contributed by atoms with Gasteiger partial charge in [-0.1, -0.05) is 30.0 Å². The average Bonchev–Trinajstić information content (AvgIpc) is 3.18. The van der Waals surface area contributed by atoms with E-state index in [0.29, 0.717) is 41.8 Å². The second-order valence-electron chi connectivity index (χ2n) is 7.61. The molecule has 2 aromatic heterocycles. The van der Waals surface area contributed by atoms with Crippen molar-refractivity contribution in [1.82, 2.24) is 14.8 Å². The summed E-state index contributed by atoms with van der Waals surface area (Å²) < 4.78 is 13.2. The van der Waals surface area contributed by atoms with Crippen LogP contribution in [-0.2, 0) is 0 Å². The molecule has 0 aliphatic carbocycles. The van der Waals surface area contributed by atoms with E-state index in [-0.39, 0.29) is 5.91 Å². The third-order valence-electron chi connectivity index (χ3n) is 5.10. The molecule has 4 aromatic rings. The van der Waals surface area contributed by atoms with Gasteiger partial charge in [0.15, 0.2) is 17.3 Å². The number of carbonyl (C=O) groups is 1. The van der Waals surface area contributed by atoms with Gasteiger partial charge < -0.3 is 14.8 Å². The molecule has 2 aromatic carbocycles. The number of pyridine rings is 1. The Morgan fingerprint density at radius 2 is 1.76 bits per heavy atom. The first kappa shape index (κ1) is 21.1. The minimum Gasteiger partial charge on any atom is -0.486 e. The lowest BCUT2D eigenvalue weighted by Gasteiger charge is -2.21. The fourth-order valence-corrected chi connectivity index (χ4v) is 4.50. The lowest BCUT2D eigenvalue weighted by atomic mass is 10.2. The Hall–Kier alpha value is -3.78. The van der Waals surface area contributed by atoms with E-state index in [4.69, 9.17) is 9.47 Å². The Morgan fingerprint density at radius 1 is 1.00 bits per heavy atom. The average molecular weight is 459 g/mol. The molecule has 0 saturated heterocycles. The van der Waals surface area contributed by atoms with E-state index in [2.05, 4.69) is 15.4 Å². The normalized spacial score (nSPS) is 12.4. The highest BCUT2D eigenvalue weighted by atomic mass is 32.2. The van der Waals surface area contributed by atoms with Crippen molar-refractivity contribution in [3.8, 4) is 17.3 Å². The van der Waals surface area contributed by atoms with Gasteiger partial charge >= 0.3 is 0 Å². The molecule has 0 spiro atoms. The van der Waals surface area contributed by atoms with E-state index in [9.17, 15) is 4.79 Å². The van der Waals surface area contributed by atoms with Gasteiger partial charge in [-0.05, 0) is 44.2 Å². The second-order valence-corrected chi connectivity index (χ2v) is 8.72. The van der Waals surface area contributed by atoms with Gasteiger partial charge in [0.2, 0.25) is 0 Å². The van der Waals surface area contributed by atoms with Gasteiger partial charge in [-0.15, -0.1) is 0 Å². The Labute approximate surface area is 195 Å². The highest BCUT2D eigenvalue weighted by Gasteiger charge is 2.19. The third kappa shape index (κ3) is 4.56. The summed E-state index contributed by atoms with van der Waals surface area (Å²) in [6.07, 6.45) is 1.56. The summed E-state index contributed by atoms with van der Waals surface area (Å²) in [5, 5.41) is 7.45. The van der Waals surface area contributed by atoms with Gasteiger partial charge in [0.25, 0.3) is 5.91 Å². The molecule has 1 aliphatic rings. The highest BCUT2D eigenvalue weighted by molar-refractivity contribution is 7.99. The number of nitrogens with zero attached hydrogens (tertiary/aromatic N) is 3. The largest absolute Gasteiger partial charge is 0.486 e. The molecule has 8 heteroatoms. The molecule has 0 radical (unpaired) electrons. The number of carbonyl (C=O) groups excluding carboxylic acids is 1. The van der Waals surface area contributed by atoms with E-state index in [1.807, 2.05) is 62.4 Å². The molecule has 0 saturated carbocycles. The van der Waals surface area contributed by atoms with Gasteiger partial charge in [0, 0.05) is 33.8 Å². The summed E-state index contributed by atoms with van der Waals surface area (Å²) in [4.78, 5) is 19.4. The van der Waals surface area contributed by atoms with Crippen molar-refractivity contribution in [2.45, 2.75) is 23.6 Å². The maximum atomic E-state index is 13.1.